The van der Waals surface area contributed by atoms with Crippen LogP contribution in [0.25, 0.3) is 0 Å². The topological polar surface area (TPSA) is 210 Å². The minimum absolute atomic E-state index is 0. The molecule has 0 saturated heterocycles. The molecule has 0 aliphatic carbocycles. The molecule has 7 nitrogen and oxygen atoms in total. The Morgan fingerprint density at radius 2 is 0.400 bits per heavy atom. The molecule has 0 amide bonds. The molecule has 0 spiro atoms. The molecule has 0 aliphatic heterocycles. The van der Waals surface area contributed by atoms with Gasteiger partial charge in [0.05, 0.1) is 0 Å². The monoisotopic (exact) mass is 294 g/mol. The second-order valence-corrected chi connectivity index (χ2v) is 0. The van der Waals surface area contributed by atoms with Gasteiger partial charge in [-0.3, -0.25) is 0 Å². The van der Waals surface area contributed by atoms with Gasteiger partial charge in [-0.25, -0.2) is 0 Å². The summed E-state index contributed by atoms with van der Waals surface area (Å²) in [7, 11) is 0. The van der Waals surface area contributed by atoms with Gasteiger partial charge in [0.1, 0.15) is 0 Å². The van der Waals surface area contributed by atoms with Gasteiger partial charge in [0.25, 0.3) is 0 Å². The average molecular weight is 295 g/mol. The molecular formula is H7FeMnO7Zn. The summed E-state index contributed by atoms with van der Waals surface area (Å²) >= 11 is 0. The van der Waals surface area contributed by atoms with E-state index in [1.807, 2.05) is 0 Å². The third-order valence-corrected chi connectivity index (χ3v) is 0. The maximum atomic E-state index is 0. The predicted octanol–water partition coefficient (Wildman–Crippen LogP) is -1.25. The van der Waals surface area contributed by atoms with E-state index in [-0.39, 0.29) is 91.9 Å². The first-order chi connectivity index (χ1) is 0. The van der Waals surface area contributed by atoms with E-state index in [4.69, 9.17) is 0 Å². The van der Waals surface area contributed by atoms with Crippen LogP contribution in [0.1, 0.15) is 0 Å². The molecule has 0 atom stereocenters. The Bertz CT molecular complexity index is 13.6. The first-order valence-electron chi connectivity index (χ1n) is 0. The number of rotatable bonds is 0. The van der Waals surface area contributed by atoms with Crippen LogP contribution in [0.4, 0.5) is 0 Å². The maximum Gasteiger partial charge on any atom is 3.00 e. The third kappa shape index (κ3) is 345. The summed E-state index contributed by atoms with van der Waals surface area (Å²) in [4.78, 5) is 0. The molecule has 7 N–H and O–H groups in total. The van der Waals surface area contributed by atoms with Crippen molar-refractivity contribution in [3.63, 3.8) is 0 Å². The van der Waals surface area contributed by atoms with Crippen LogP contribution in [-0.2, 0) is 53.6 Å². The summed E-state index contributed by atoms with van der Waals surface area (Å²) in [5, 5.41) is 0. The molecule has 66 valence electrons. The molecular weight excluding hydrogens is 288 g/mol. The fourth-order valence-corrected chi connectivity index (χ4v) is 0. The Labute approximate surface area is 91.8 Å². The molecule has 0 unspecified atom stereocenters. The third-order valence-electron chi connectivity index (χ3n) is 0. The Morgan fingerprint density at radius 1 is 0.400 bits per heavy atom. The van der Waals surface area contributed by atoms with Crippen LogP contribution in [0.15, 0.2) is 0 Å². The normalized spacial score (nSPS) is 0. The molecule has 10 heavy (non-hydrogen) atoms. The van der Waals surface area contributed by atoms with Gasteiger partial charge in [0.2, 0.25) is 0 Å². The minimum Gasteiger partial charge on any atom is -0.870 e. The van der Waals surface area contributed by atoms with E-state index in [9.17, 15) is 0 Å². The fourth-order valence-electron chi connectivity index (χ4n) is 0. The van der Waals surface area contributed by atoms with Crippen molar-refractivity contribution < 1.29 is 91.9 Å². The summed E-state index contributed by atoms with van der Waals surface area (Å²) in [5.74, 6) is 0. The molecule has 0 fully saturated rings. The van der Waals surface area contributed by atoms with Crippen molar-refractivity contribution in [1.82, 2.24) is 0 Å². The van der Waals surface area contributed by atoms with Crippen LogP contribution in [0.3, 0.4) is 0 Å². The Morgan fingerprint density at radius 3 is 0.400 bits per heavy atom. The molecule has 2 radical (unpaired) electrons. The van der Waals surface area contributed by atoms with E-state index in [2.05, 4.69) is 0 Å². The van der Waals surface area contributed by atoms with Gasteiger partial charge in [-0.05, 0) is 0 Å². The zero-order valence-electron chi connectivity index (χ0n) is 4.57. The van der Waals surface area contributed by atoms with Crippen LogP contribution in [-0.4, -0.2) is 38.3 Å². The van der Waals surface area contributed by atoms with E-state index in [1.165, 1.54) is 0 Å². The van der Waals surface area contributed by atoms with Gasteiger partial charge >= 0.3 is 53.6 Å². The molecule has 0 aliphatic rings. The zero-order chi connectivity index (χ0) is 0. The van der Waals surface area contributed by atoms with Gasteiger partial charge in [-0.2, -0.15) is 0 Å². The van der Waals surface area contributed by atoms with Gasteiger partial charge in [0, 0.05) is 0 Å². The molecule has 0 heterocycles. The average Bonchev–Trinajstić information content (AvgIpc) is 0. The quantitative estimate of drug-likeness (QED) is 0.495. The van der Waals surface area contributed by atoms with Gasteiger partial charge in [0.15, 0.2) is 0 Å². The minimum atomic E-state index is 0. The zero-order valence-corrected chi connectivity index (χ0v) is 9.82. The van der Waals surface area contributed by atoms with E-state index in [1.54, 1.807) is 0 Å². The van der Waals surface area contributed by atoms with Gasteiger partial charge in [-0.15, -0.1) is 0 Å². The van der Waals surface area contributed by atoms with Crippen molar-refractivity contribution in [2.45, 2.75) is 0 Å². The molecule has 10 heteroatoms. The number of hydrogen-bond donors (Lipinski definition) is 0. The fraction of sp³-hybridized carbons (Fsp3) is 0. The van der Waals surface area contributed by atoms with Gasteiger partial charge < -0.3 is 38.3 Å². The van der Waals surface area contributed by atoms with Crippen molar-refractivity contribution >= 4 is 0 Å². The summed E-state index contributed by atoms with van der Waals surface area (Å²) in [5.41, 5.74) is 0. The molecule has 0 aromatic rings. The molecule has 0 rings (SSSR count). The van der Waals surface area contributed by atoms with Crippen molar-refractivity contribution in [2.75, 3.05) is 0 Å². The smallest absolute Gasteiger partial charge is 0.870 e. The summed E-state index contributed by atoms with van der Waals surface area (Å²) in [6.45, 7) is 0. The SMILES string of the molecule is [Fe+3].[Mn+2].[OH-].[OH-].[OH-].[OH-].[OH-].[OH-].[OH-].[Zn+2]. The molecule has 0 aromatic carbocycles. The van der Waals surface area contributed by atoms with E-state index < -0.39 is 0 Å². The van der Waals surface area contributed by atoms with E-state index in [0.717, 1.165) is 0 Å². The first kappa shape index (κ1) is 642. The number of hydrogen-bond acceptors (Lipinski definition) is 7. The second-order valence-electron chi connectivity index (χ2n) is 0. The Kier molecular flexibility index (Phi) is 30700. The summed E-state index contributed by atoms with van der Waals surface area (Å²) in [6.07, 6.45) is 0. The molecule has 0 saturated carbocycles. The molecule has 0 aromatic heterocycles. The predicted molar refractivity (Wildman–Crippen MR) is 13.6 cm³/mol. The second kappa shape index (κ2) is 478. The summed E-state index contributed by atoms with van der Waals surface area (Å²) < 4.78 is 0. The van der Waals surface area contributed by atoms with Crippen LogP contribution in [0.2, 0.25) is 0 Å². The van der Waals surface area contributed by atoms with Crippen LogP contribution in [0.5, 0.6) is 0 Å². The van der Waals surface area contributed by atoms with Crippen LogP contribution in [0, 0.1) is 0 Å². The van der Waals surface area contributed by atoms with Gasteiger partial charge in [-0.1, -0.05) is 0 Å². The first-order valence-corrected chi connectivity index (χ1v) is 0. The van der Waals surface area contributed by atoms with E-state index in [0.29, 0.717) is 0 Å². The Hall–Kier alpha value is 1.38. The van der Waals surface area contributed by atoms with Crippen molar-refractivity contribution in [3.05, 3.63) is 0 Å². The van der Waals surface area contributed by atoms with Crippen molar-refractivity contribution in [3.8, 4) is 0 Å². The maximum absolute atomic E-state index is 0. The van der Waals surface area contributed by atoms with E-state index >= 15 is 0 Å². The largest absolute Gasteiger partial charge is 3.00 e. The van der Waals surface area contributed by atoms with Crippen LogP contribution >= 0.6 is 0 Å². The van der Waals surface area contributed by atoms with Crippen molar-refractivity contribution in [2.24, 2.45) is 0 Å². The summed E-state index contributed by atoms with van der Waals surface area (Å²) in [6, 6.07) is 0. The standard InChI is InChI=1S/Fe.Mn.7H2O.Zn/h;;7*1H2;/q+3;+2;;;;;;;;+2/p-7. The van der Waals surface area contributed by atoms with Crippen molar-refractivity contribution in [1.29, 1.82) is 0 Å². The van der Waals surface area contributed by atoms with Crippen LogP contribution < -0.4 is 0 Å². The molecule has 0 bridgehead atoms. The Balaban J connectivity index is 0.